The van der Waals surface area contributed by atoms with Crippen molar-refractivity contribution in [3.8, 4) is 11.5 Å². The van der Waals surface area contributed by atoms with Gasteiger partial charge in [0.2, 0.25) is 5.91 Å². The number of halogens is 1. The van der Waals surface area contributed by atoms with E-state index < -0.39 is 0 Å². The number of piperazine rings is 1. The standard InChI is InChI=1S/C21H35N5O3.HI/c1-16(2)24-20(27)15-25-10-12-26(13-11-25)21(22-4)23-14-17(3)29-19-9-7-6-8-18(19)28-5;/h6-9,16-17H,10-15H2,1-5H3,(H,22,23)(H,24,27);1H. The summed E-state index contributed by atoms with van der Waals surface area (Å²) in [7, 11) is 3.43. The molecule has 8 nitrogen and oxygen atoms in total. The van der Waals surface area contributed by atoms with Crippen molar-refractivity contribution < 1.29 is 14.3 Å². The van der Waals surface area contributed by atoms with Crippen LogP contribution in [0.25, 0.3) is 0 Å². The maximum Gasteiger partial charge on any atom is 0.234 e. The summed E-state index contributed by atoms with van der Waals surface area (Å²) < 4.78 is 11.3. The second-order valence-corrected chi connectivity index (χ2v) is 7.49. The molecule has 0 saturated carbocycles. The van der Waals surface area contributed by atoms with E-state index in [9.17, 15) is 4.79 Å². The lowest BCUT2D eigenvalue weighted by atomic mass is 10.3. The summed E-state index contributed by atoms with van der Waals surface area (Å²) in [4.78, 5) is 20.7. The van der Waals surface area contributed by atoms with Crippen LogP contribution < -0.4 is 20.1 Å². The largest absolute Gasteiger partial charge is 0.493 e. The number of methoxy groups -OCH3 is 1. The second-order valence-electron chi connectivity index (χ2n) is 7.49. The third-order valence-corrected chi connectivity index (χ3v) is 4.65. The Morgan fingerprint density at radius 2 is 1.77 bits per heavy atom. The molecule has 1 atom stereocenters. The zero-order valence-corrected chi connectivity index (χ0v) is 21.0. The van der Waals surface area contributed by atoms with Gasteiger partial charge in [0.05, 0.1) is 20.2 Å². The van der Waals surface area contributed by atoms with Crippen LogP contribution in [0.4, 0.5) is 0 Å². The number of nitrogens with one attached hydrogen (secondary N) is 2. The molecule has 0 bridgehead atoms. The SMILES string of the molecule is CN=C(NCC(C)Oc1ccccc1OC)N1CCN(CC(=O)NC(C)C)CC1.I. The first kappa shape index (κ1) is 26.3. The van der Waals surface area contributed by atoms with E-state index in [1.165, 1.54) is 0 Å². The predicted octanol–water partition coefficient (Wildman–Crippen LogP) is 1.80. The van der Waals surface area contributed by atoms with Gasteiger partial charge in [-0.3, -0.25) is 14.7 Å². The summed E-state index contributed by atoms with van der Waals surface area (Å²) in [6.45, 7) is 10.4. The minimum atomic E-state index is -0.0518. The number of benzene rings is 1. The number of aliphatic imine (C=N–C) groups is 1. The van der Waals surface area contributed by atoms with Crippen LogP contribution in [0.2, 0.25) is 0 Å². The van der Waals surface area contributed by atoms with Crippen LogP contribution >= 0.6 is 24.0 Å². The Morgan fingerprint density at radius 1 is 1.13 bits per heavy atom. The molecule has 30 heavy (non-hydrogen) atoms. The predicted molar refractivity (Wildman–Crippen MR) is 131 cm³/mol. The summed E-state index contributed by atoms with van der Waals surface area (Å²) in [6.07, 6.45) is -0.0518. The molecule has 1 unspecified atom stereocenters. The van der Waals surface area contributed by atoms with Gasteiger partial charge in [-0.1, -0.05) is 12.1 Å². The Balaban J connectivity index is 0.00000450. The van der Waals surface area contributed by atoms with Gasteiger partial charge in [0.15, 0.2) is 17.5 Å². The number of guanidine groups is 1. The molecule has 0 spiro atoms. The molecule has 1 aliphatic heterocycles. The van der Waals surface area contributed by atoms with E-state index in [0.717, 1.165) is 43.6 Å². The maximum absolute atomic E-state index is 11.9. The van der Waals surface area contributed by atoms with Crippen molar-refractivity contribution in [2.75, 3.05) is 53.4 Å². The van der Waals surface area contributed by atoms with E-state index in [1.807, 2.05) is 45.0 Å². The third-order valence-electron chi connectivity index (χ3n) is 4.65. The molecular formula is C21H36IN5O3. The zero-order chi connectivity index (χ0) is 21.2. The number of carbonyl (C=O) groups is 1. The molecule has 0 aromatic heterocycles. The van der Waals surface area contributed by atoms with E-state index in [2.05, 4.69) is 25.4 Å². The van der Waals surface area contributed by atoms with Gasteiger partial charge in [0.25, 0.3) is 0 Å². The molecule has 1 saturated heterocycles. The lowest BCUT2D eigenvalue weighted by molar-refractivity contribution is -0.123. The van der Waals surface area contributed by atoms with E-state index >= 15 is 0 Å². The summed E-state index contributed by atoms with van der Waals surface area (Å²) in [5, 5.41) is 6.33. The molecule has 1 heterocycles. The molecule has 170 valence electrons. The van der Waals surface area contributed by atoms with Gasteiger partial charge in [-0.2, -0.15) is 0 Å². The first-order valence-electron chi connectivity index (χ1n) is 10.2. The summed E-state index contributed by atoms with van der Waals surface area (Å²) in [5.74, 6) is 2.39. The lowest BCUT2D eigenvalue weighted by Crippen LogP contribution is -2.55. The van der Waals surface area contributed by atoms with Crippen LogP contribution in [-0.4, -0.2) is 87.2 Å². The molecule has 2 N–H and O–H groups in total. The highest BCUT2D eigenvalue weighted by atomic mass is 127. The van der Waals surface area contributed by atoms with E-state index in [4.69, 9.17) is 9.47 Å². The highest BCUT2D eigenvalue weighted by Crippen LogP contribution is 2.26. The lowest BCUT2D eigenvalue weighted by Gasteiger charge is -2.36. The topological polar surface area (TPSA) is 78.4 Å². The molecule has 1 amide bonds. The normalized spacial score (nSPS) is 15.9. The quantitative estimate of drug-likeness (QED) is 0.302. The fraction of sp³-hybridized carbons (Fsp3) is 0.619. The Hall–Kier alpha value is -1.75. The van der Waals surface area contributed by atoms with Crippen molar-refractivity contribution in [1.29, 1.82) is 0 Å². The number of carbonyl (C=O) groups excluding carboxylic acids is 1. The fourth-order valence-electron chi connectivity index (χ4n) is 3.23. The van der Waals surface area contributed by atoms with Gasteiger partial charge >= 0.3 is 0 Å². The van der Waals surface area contributed by atoms with E-state index in [0.29, 0.717) is 13.1 Å². The van der Waals surface area contributed by atoms with Crippen molar-refractivity contribution in [1.82, 2.24) is 20.4 Å². The smallest absolute Gasteiger partial charge is 0.234 e. The van der Waals surface area contributed by atoms with Crippen LogP contribution in [0.15, 0.2) is 29.3 Å². The Labute approximate surface area is 197 Å². The van der Waals surface area contributed by atoms with Gasteiger partial charge in [0, 0.05) is 39.3 Å². The number of nitrogens with zero attached hydrogens (tertiary/aromatic N) is 3. The number of hydrogen-bond acceptors (Lipinski definition) is 5. The minimum absolute atomic E-state index is 0. The third kappa shape index (κ3) is 8.55. The van der Waals surface area contributed by atoms with Crippen molar-refractivity contribution in [3.63, 3.8) is 0 Å². The van der Waals surface area contributed by atoms with Gasteiger partial charge < -0.3 is 25.0 Å². The molecule has 2 rings (SSSR count). The van der Waals surface area contributed by atoms with Gasteiger partial charge in [-0.15, -0.1) is 24.0 Å². The highest BCUT2D eigenvalue weighted by Gasteiger charge is 2.21. The van der Waals surface area contributed by atoms with E-state index in [1.54, 1.807) is 14.2 Å². The highest BCUT2D eigenvalue weighted by molar-refractivity contribution is 14.0. The van der Waals surface area contributed by atoms with E-state index in [-0.39, 0.29) is 42.0 Å². The second kappa shape index (κ2) is 13.5. The van der Waals surface area contributed by atoms with Crippen molar-refractivity contribution >= 4 is 35.8 Å². The van der Waals surface area contributed by atoms with Gasteiger partial charge in [-0.25, -0.2) is 0 Å². The Bertz CT molecular complexity index is 678. The summed E-state index contributed by atoms with van der Waals surface area (Å²) in [5.41, 5.74) is 0. The monoisotopic (exact) mass is 533 g/mol. The minimum Gasteiger partial charge on any atom is -0.493 e. The average molecular weight is 533 g/mol. The molecule has 9 heteroatoms. The van der Waals surface area contributed by atoms with Crippen LogP contribution in [0.1, 0.15) is 20.8 Å². The first-order valence-corrected chi connectivity index (χ1v) is 10.2. The van der Waals surface area contributed by atoms with Crippen LogP contribution in [0.3, 0.4) is 0 Å². The van der Waals surface area contributed by atoms with Crippen LogP contribution in [0.5, 0.6) is 11.5 Å². The average Bonchev–Trinajstić information content (AvgIpc) is 2.69. The molecule has 1 aliphatic rings. The summed E-state index contributed by atoms with van der Waals surface area (Å²) >= 11 is 0. The fourth-order valence-corrected chi connectivity index (χ4v) is 3.23. The van der Waals surface area contributed by atoms with Gasteiger partial charge in [0.1, 0.15) is 6.10 Å². The number of hydrogen-bond donors (Lipinski definition) is 2. The molecule has 0 radical (unpaired) electrons. The van der Waals surface area contributed by atoms with Crippen molar-refractivity contribution in [2.45, 2.75) is 32.9 Å². The number of rotatable bonds is 8. The van der Waals surface area contributed by atoms with Gasteiger partial charge in [-0.05, 0) is 32.9 Å². The Morgan fingerprint density at radius 3 is 2.33 bits per heavy atom. The summed E-state index contributed by atoms with van der Waals surface area (Å²) in [6, 6.07) is 7.81. The molecule has 1 aromatic carbocycles. The van der Waals surface area contributed by atoms with Crippen LogP contribution in [0, 0.1) is 0 Å². The number of para-hydroxylation sites is 2. The molecular weight excluding hydrogens is 497 g/mol. The van der Waals surface area contributed by atoms with Crippen LogP contribution in [-0.2, 0) is 4.79 Å². The number of amides is 1. The first-order chi connectivity index (χ1) is 13.9. The van der Waals surface area contributed by atoms with Crippen molar-refractivity contribution in [2.24, 2.45) is 4.99 Å². The maximum atomic E-state index is 11.9. The molecule has 1 fully saturated rings. The number of ether oxygens (including phenoxy) is 2. The molecule has 1 aromatic rings. The molecule has 0 aliphatic carbocycles. The van der Waals surface area contributed by atoms with Crippen molar-refractivity contribution in [3.05, 3.63) is 24.3 Å². The zero-order valence-electron chi connectivity index (χ0n) is 18.7. The Kier molecular flexibility index (Phi) is 11.9.